The number of nitrogens with one attached hydrogen (secondary N) is 1. The van der Waals surface area contributed by atoms with Crippen LogP contribution in [0.15, 0.2) is 29.2 Å². The van der Waals surface area contributed by atoms with Crippen LogP contribution in [-0.2, 0) is 31.1 Å². The van der Waals surface area contributed by atoms with Gasteiger partial charge in [-0.05, 0) is 37.0 Å². The summed E-state index contributed by atoms with van der Waals surface area (Å²) in [5, 5.41) is 1.62. The predicted octanol–water partition coefficient (Wildman–Crippen LogP) is 0.563. The summed E-state index contributed by atoms with van der Waals surface area (Å²) in [4.78, 5) is 11.6. The number of carbonyl (C=O) groups excluding carboxylic acids is 1. The molecule has 0 radical (unpaired) electrons. The Morgan fingerprint density at radius 3 is 2.16 bits per heavy atom. The fraction of sp³-hybridized carbons (Fsp3) is 0.562. The molecule has 140 valence electrons. The molecule has 1 fully saturated rings. The van der Waals surface area contributed by atoms with Gasteiger partial charge in [0.15, 0.2) is 9.84 Å². The lowest BCUT2D eigenvalue weighted by Crippen LogP contribution is -2.44. The second-order valence-electron chi connectivity index (χ2n) is 6.08. The minimum absolute atomic E-state index is 0.134. The van der Waals surface area contributed by atoms with Crippen LogP contribution in [0, 0.1) is 0 Å². The summed E-state index contributed by atoms with van der Waals surface area (Å²) in [7, 11) is -5.81. The van der Waals surface area contributed by atoms with Gasteiger partial charge in [0, 0.05) is 20.1 Å². The molecule has 0 unspecified atom stereocenters. The van der Waals surface area contributed by atoms with Crippen molar-refractivity contribution in [3.05, 3.63) is 29.8 Å². The van der Waals surface area contributed by atoms with Crippen LogP contribution < -0.4 is 5.32 Å². The minimum Gasteiger partial charge on any atom is -0.358 e. The van der Waals surface area contributed by atoms with E-state index in [1.165, 1.54) is 11.4 Å². The SMILES string of the molecule is CCc1ccc(S(=O)(=O)N2CCC(S(=O)(=O)CC(=O)NC)CC2)cc1. The van der Waals surface area contributed by atoms with Crippen molar-refractivity contribution in [3.63, 3.8) is 0 Å². The maximum atomic E-state index is 12.7. The van der Waals surface area contributed by atoms with Crippen molar-refractivity contribution < 1.29 is 21.6 Å². The van der Waals surface area contributed by atoms with Crippen LogP contribution in [0.4, 0.5) is 0 Å². The molecule has 0 aliphatic carbocycles. The molecule has 1 aliphatic heterocycles. The van der Waals surface area contributed by atoms with E-state index in [4.69, 9.17) is 0 Å². The van der Waals surface area contributed by atoms with Gasteiger partial charge in [-0.3, -0.25) is 4.79 Å². The number of piperidine rings is 1. The Labute approximate surface area is 149 Å². The first-order valence-electron chi connectivity index (χ1n) is 8.22. The number of aryl methyl sites for hydroxylation is 1. The maximum Gasteiger partial charge on any atom is 0.243 e. The van der Waals surface area contributed by atoms with Crippen molar-refractivity contribution in [1.82, 2.24) is 9.62 Å². The Morgan fingerprint density at radius 1 is 1.12 bits per heavy atom. The van der Waals surface area contributed by atoms with E-state index in [0.29, 0.717) is 0 Å². The van der Waals surface area contributed by atoms with E-state index in [9.17, 15) is 21.6 Å². The topological polar surface area (TPSA) is 101 Å². The summed E-state index contributed by atoms with van der Waals surface area (Å²) >= 11 is 0. The molecule has 1 heterocycles. The van der Waals surface area contributed by atoms with Gasteiger partial charge in [0.25, 0.3) is 0 Å². The highest BCUT2D eigenvalue weighted by molar-refractivity contribution is 7.92. The number of amides is 1. The molecule has 9 heteroatoms. The van der Waals surface area contributed by atoms with Gasteiger partial charge in [-0.1, -0.05) is 19.1 Å². The Kier molecular flexibility index (Phi) is 6.23. The number of rotatable bonds is 6. The van der Waals surface area contributed by atoms with E-state index in [2.05, 4.69) is 5.32 Å². The Hall–Kier alpha value is -1.45. The quantitative estimate of drug-likeness (QED) is 0.768. The number of sulfone groups is 1. The molecule has 1 amide bonds. The van der Waals surface area contributed by atoms with Crippen molar-refractivity contribution in [2.24, 2.45) is 0 Å². The third-order valence-corrected chi connectivity index (χ3v) is 8.55. The van der Waals surface area contributed by atoms with Gasteiger partial charge in [-0.15, -0.1) is 0 Å². The Balaban J connectivity index is 2.06. The monoisotopic (exact) mass is 388 g/mol. The third-order valence-electron chi connectivity index (χ3n) is 4.49. The second-order valence-corrected chi connectivity index (χ2v) is 10.3. The number of hydrogen-bond donors (Lipinski definition) is 1. The first-order chi connectivity index (χ1) is 11.7. The third kappa shape index (κ3) is 4.59. The smallest absolute Gasteiger partial charge is 0.243 e. The highest BCUT2D eigenvalue weighted by atomic mass is 32.2. The summed E-state index contributed by atoms with van der Waals surface area (Å²) in [6.45, 7) is 2.26. The number of benzene rings is 1. The first-order valence-corrected chi connectivity index (χ1v) is 11.4. The highest BCUT2D eigenvalue weighted by Gasteiger charge is 2.35. The van der Waals surface area contributed by atoms with Crippen LogP contribution in [-0.4, -0.2) is 58.2 Å². The van der Waals surface area contributed by atoms with E-state index >= 15 is 0 Å². The molecule has 1 saturated heterocycles. The van der Waals surface area contributed by atoms with Crippen LogP contribution in [0.25, 0.3) is 0 Å². The number of sulfonamides is 1. The normalized spacial score (nSPS) is 17.4. The van der Waals surface area contributed by atoms with Gasteiger partial charge in [0.1, 0.15) is 5.75 Å². The van der Waals surface area contributed by atoms with E-state index < -0.39 is 36.8 Å². The van der Waals surface area contributed by atoms with E-state index in [-0.39, 0.29) is 30.8 Å². The van der Waals surface area contributed by atoms with Crippen LogP contribution in [0.1, 0.15) is 25.3 Å². The molecule has 0 atom stereocenters. The molecule has 0 bridgehead atoms. The second kappa shape index (κ2) is 7.84. The lowest BCUT2D eigenvalue weighted by atomic mass is 10.2. The average Bonchev–Trinajstić information content (AvgIpc) is 2.61. The molecule has 1 aromatic rings. The Bertz CT molecular complexity index is 809. The largest absolute Gasteiger partial charge is 0.358 e. The summed E-state index contributed by atoms with van der Waals surface area (Å²) in [6.07, 6.45) is 1.23. The highest BCUT2D eigenvalue weighted by Crippen LogP contribution is 2.24. The van der Waals surface area contributed by atoms with E-state index in [1.54, 1.807) is 24.3 Å². The standard InChI is InChI=1S/C16H24N2O5S2/c1-3-13-4-6-15(7-5-13)25(22,23)18-10-8-14(9-11-18)24(20,21)12-16(19)17-2/h4-7,14H,3,8-12H2,1-2H3,(H,17,19). The fourth-order valence-electron chi connectivity index (χ4n) is 2.85. The van der Waals surface area contributed by atoms with Gasteiger partial charge < -0.3 is 5.32 Å². The summed E-state index contributed by atoms with van der Waals surface area (Å²) in [5.74, 6) is -1.11. The van der Waals surface area contributed by atoms with Gasteiger partial charge >= 0.3 is 0 Å². The zero-order valence-corrected chi connectivity index (χ0v) is 16.1. The van der Waals surface area contributed by atoms with Crippen molar-refractivity contribution in [2.45, 2.75) is 36.3 Å². The average molecular weight is 389 g/mol. The number of nitrogens with zero attached hydrogens (tertiary/aromatic N) is 1. The zero-order chi connectivity index (χ0) is 18.7. The van der Waals surface area contributed by atoms with Crippen molar-refractivity contribution in [2.75, 3.05) is 25.9 Å². The van der Waals surface area contributed by atoms with Gasteiger partial charge in [-0.2, -0.15) is 4.31 Å². The molecule has 0 spiro atoms. The van der Waals surface area contributed by atoms with Gasteiger partial charge in [-0.25, -0.2) is 16.8 Å². The molecule has 2 rings (SSSR count). The van der Waals surface area contributed by atoms with Crippen LogP contribution in [0.3, 0.4) is 0 Å². The molecule has 1 aromatic carbocycles. The molecule has 1 N–H and O–H groups in total. The van der Waals surface area contributed by atoms with Crippen molar-refractivity contribution in [1.29, 1.82) is 0 Å². The zero-order valence-electron chi connectivity index (χ0n) is 14.4. The number of carbonyl (C=O) groups is 1. The first kappa shape index (κ1) is 19.9. The fourth-order valence-corrected chi connectivity index (χ4v) is 5.99. The molecule has 1 aliphatic rings. The summed E-state index contributed by atoms with van der Waals surface area (Å²) in [6, 6.07) is 6.74. The molecule has 7 nitrogen and oxygen atoms in total. The van der Waals surface area contributed by atoms with Crippen molar-refractivity contribution in [3.8, 4) is 0 Å². The molecule has 0 aromatic heterocycles. The van der Waals surface area contributed by atoms with Gasteiger partial charge in [0.05, 0.1) is 10.1 Å². The molecular weight excluding hydrogens is 364 g/mol. The van der Waals surface area contributed by atoms with E-state index in [1.807, 2.05) is 6.92 Å². The lowest BCUT2D eigenvalue weighted by molar-refractivity contribution is -0.118. The summed E-state index contributed by atoms with van der Waals surface area (Å²) in [5.41, 5.74) is 1.05. The Morgan fingerprint density at radius 2 is 1.68 bits per heavy atom. The lowest BCUT2D eigenvalue weighted by Gasteiger charge is -2.30. The van der Waals surface area contributed by atoms with E-state index in [0.717, 1.165) is 12.0 Å². The van der Waals surface area contributed by atoms with Crippen LogP contribution >= 0.6 is 0 Å². The van der Waals surface area contributed by atoms with Crippen LogP contribution in [0.5, 0.6) is 0 Å². The summed E-state index contributed by atoms with van der Waals surface area (Å²) < 4.78 is 51.1. The van der Waals surface area contributed by atoms with Crippen molar-refractivity contribution >= 4 is 25.8 Å². The van der Waals surface area contributed by atoms with Crippen LogP contribution in [0.2, 0.25) is 0 Å². The maximum absolute atomic E-state index is 12.7. The van der Waals surface area contributed by atoms with Gasteiger partial charge in [0.2, 0.25) is 15.9 Å². The predicted molar refractivity (Wildman–Crippen MR) is 95.5 cm³/mol. The molecular formula is C16H24N2O5S2. The molecule has 25 heavy (non-hydrogen) atoms. The number of hydrogen-bond acceptors (Lipinski definition) is 5. The minimum atomic E-state index is -3.62. The molecule has 0 saturated carbocycles.